The van der Waals surface area contributed by atoms with Crippen LogP contribution in [0.4, 0.5) is 0 Å². The molecule has 126 valence electrons. The van der Waals surface area contributed by atoms with Gasteiger partial charge in [-0.25, -0.2) is 0 Å². The summed E-state index contributed by atoms with van der Waals surface area (Å²) in [6.45, 7) is 2.10. The fourth-order valence-electron chi connectivity index (χ4n) is 3.69. The minimum atomic E-state index is 0.0351. The fraction of sp³-hybridized carbons (Fsp3) is 0.125. The molecule has 4 aromatic rings. The summed E-state index contributed by atoms with van der Waals surface area (Å²) in [7, 11) is 0. The molecule has 1 N–H and O–H groups in total. The highest BCUT2D eigenvalue weighted by Gasteiger charge is 2.23. The highest BCUT2D eigenvalue weighted by molar-refractivity contribution is 5.92. The van der Waals surface area contributed by atoms with E-state index >= 15 is 0 Å². The highest BCUT2D eigenvalue weighted by atomic mass is 14.7. The van der Waals surface area contributed by atoms with Gasteiger partial charge in [-0.1, -0.05) is 72.8 Å². The molecule has 1 aromatic heterocycles. The number of nitriles is 1. The normalized spacial score (nSPS) is 12.0. The summed E-state index contributed by atoms with van der Waals surface area (Å²) in [4.78, 5) is 3.62. The smallest absolute Gasteiger partial charge is 0.0631 e. The standard InChI is InChI=1S/C24H20N2/c1-17-12-13-21-22(16-17)26-24(19-10-6-3-7-11-19)23(21)20(14-15-25)18-8-4-2-5-9-18/h2-13,16,20,26H,14H2,1H3/t20-/m1/s1. The average Bonchev–Trinajstić information content (AvgIpc) is 3.05. The van der Waals surface area contributed by atoms with E-state index in [2.05, 4.69) is 72.6 Å². The number of fused-ring (bicyclic) bond motifs is 1. The van der Waals surface area contributed by atoms with Crippen molar-refractivity contribution in [3.63, 3.8) is 0 Å². The van der Waals surface area contributed by atoms with Crippen molar-refractivity contribution in [2.45, 2.75) is 19.3 Å². The first-order valence-electron chi connectivity index (χ1n) is 8.87. The van der Waals surface area contributed by atoms with Gasteiger partial charge in [0.15, 0.2) is 0 Å². The summed E-state index contributed by atoms with van der Waals surface area (Å²) in [6.07, 6.45) is 0.449. The van der Waals surface area contributed by atoms with Crippen LogP contribution >= 0.6 is 0 Å². The summed E-state index contributed by atoms with van der Waals surface area (Å²) >= 11 is 0. The molecular weight excluding hydrogens is 316 g/mol. The number of H-pyrrole nitrogens is 1. The Bertz CT molecular complexity index is 1070. The Labute approximate surface area is 153 Å². The van der Waals surface area contributed by atoms with Crippen LogP contribution in [-0.4, -0.2) is 4.98 Å². The van der Waals surface area contributed by atoms with Gasteiger partial charge in [-0.3, -0.25) is 0 Å². The van der Waals surface area contributed by atoms with Crippen LogP contribution in [-0.2, 0) is 0 Å². The van der Waals surface area contributed by atoms with Crippen molar-refractivity contribution in [3.05, 3.63) is 95.6 Å². The summed E-state index contributed by atoms with van der Waals surface area (Å²) in [5.41, 5.74) is 6.98. The number of aromatic nitrogens is 1. The Kier molecular flexibility index (Phi) is 4.29. The van der Waals surface area contributed by atoms with Gasteiger partial charge >= 0.3 is 0 Å². The number of hydrogen-bond acceptors (Lipinski definition) is 1. The molecule has 0 saturated heterocycles. The van der Waals surface area contributed by atoms with Crippen LogP contribution in [0.25, 0.3) is 22.2 Å². The van der Waals surface area contributed by atoms with E-state index in [1.807, 2.05) is 24.3 Å². The first-order valence-corrected chi connectivity index (χ1v) is 8.87. The second kappa shape index (κ2) is 6.90. The molecule has 0 bridgehead atoms. The second-order valence-corrected chi connectivity index (χ2v) is 6.65. The van der Waals surface area contributed by atoms with E-state index in [-0.39, 0.29) is 5.92 Å². The number of rotatable bonds is 4. The third kappa shape index (κ3) is 2.89. The molecule has 0 radical (unpaired) electrons. The van der Waals surface area contributed by atoms with Crippen molar-refractivity contribution in [3.8, 4) is 17.3 Å². The maximum absolute atomic E-state index is 9.51. The molecule has 0 fully saturated rings. The average molecular weight is 336 g/mol. The van der Waals surface area contributed by atoms with Gasteiger partial charge in [0.25, 0.3) is 0 Å². The first kappa shape index (κ1) is 16.2. The molecule has 0 aliphatic carbocycles. The summed E-state index contributed by atoms with van der Waals surface area (Å²) in [6, 6.07) is 29.6. The van der Waals surface area contributed by atoms with Gasteiger partial charge in [-0.2, -0.15) is 5.26 Å². The molecule has 2 heteroatoms. The Hall–Kier alpha value is -3.31. The van der Waals surface area contributed by atoms with Crippen LogP contribution < -0.4 is 0 Å². The molecule has 0 aliphatic heterocycles. The SMILES string of the molecule is Cc1ccc2c([C@H](CC#N)c3ccccc3)c(-c3ccccc3)[nH]c2c1. The van der Waals surface area contributed by atoms with Crippen LogP contribution in [0.1, 0.15) is 29.0 Å². The summed E-state index contributed by atoms with van der Waals surface area (Å²) in [5.74, 6) is 0.0351. The lowest BCUT2D eigenvalue weighted by Gasteiger charge is -2.17. The lowest BCUT2D eigenvalue weighted by Crippen LogP contribution is -2.01. The molecular formula is C24H20N2. The molecule has 0 amide bonds. The molecule has 0 aliphatic rings. The zero-order valence-corrected chi connectivity index (χ0v) is 14.7. The van der Waals surface area contributed by atoms with Gasteiger partial charge in [0.1, 0.15) is 0 Å². The predicted octanol–water partition coefficient (Wildman–Crippen LogP) is 6.19. The number of aromatic amines is 1. The Balaban J connectivity index is 2.01. The zero-order valence-electron chi connectivity index (χ0n) is 14.7. The number of benzene rings is 3. The largest absolute Gasteiger partial charge is 0.354 e. The third-order valence-electron chi connectivity index (χ3n) is 4.90. The van der Waals surface area contributed by atoms with E-state index in [9.17, 15) is 5.26 Å². The first-order chi connectivity index (χ1) is 12.8. The van der Waals surface area contributed by atoms with Crippen molar-refractivity contribution in [1.82, 2.24) is 4.98 Å². The zero-order chi connectivity index (χ0) is 17.9. The Morgan fingerprint density at radius 3 is 2.31 bits per heavy atom. The van der Waals surface area contributed by atoms with Crippen molar-refractivity contribution >= 4 is 10.9 Å². The fourth-order valence-corrected chi connectivity index (χ4v) is 3.69. The highest BCUT2D eigenvalue weighted by Crippen LogP contribution is 2.40. The molecule has 1 heterocycles. The van der Waals surface area contributed by atoms with Gasteiger partial charge in [0.05, 0.1) is 11.8 Å². The topological polar surface area (TPSA) is 39.6 Å². The van der Waals surface area contributed by atoms with Crippen molar-refractivity contribution < 1.29 is 0 Å². The molecule has 3 aromatic carbocycles. The van der Waals surface area contributed by atoms with E-state index in [0.29, 0.717) is 6.42 Å². The van der Waals surface area contributed by atoms with E-state index in [1.165, 1.54) is 22.1 Å². The number of nitrogens with zero attached hydrogens (tertiary/aromatic N) is 1. The quantitative estimate of drug-likeness (QED) is 0.474. The van der Waals surface area contributed by atoms with E-state index in [4.69, 9.17) is 0 Å². The molecule has 0 spiro atoms. The molecule has 2 nitrogen and oxygen atoms in total. The monoisotopic (exact) mass is 336 g/mol. The molecule has 0 unspecified atom stereocenters. The predicted molar refractivity (Wildman–Crippen MR) is 107 cm³/mol. The van der Waals surface area contributed by atoms with Crippen LogP contribution in [0.2, 0.25) is 0 Å². The number of hydrogen-bond donors (Lipinski definition) is 1. The van der Waals surface area contributed by atoms with Gasteiger partial charge < -0.3 is 4.98 Å². The van der Waals surface area contributed by atoms with Gasteiger partial charge in [0.2, 0.25) is 0 Å². The van der Waals surface area contributed by atoms with E-state index < -0.39 is 0 Å². The lowest BCUT2D eigenvalue weighted by atomic mass is 9.85. The molecule has 26 heavy (non-hydrogen) atoms. The van der Waals surface area contributed by atoms with Gasteiger partial charge in [0, 0.05) is 23.2 Å². The molecule has 1 atom stereocenters. The van der Waals surface area contributed by atoms with Crippen molar-refractivity contribution in [2.24, 2.45) is 0 Å². The van der Waals surface area contributed by atoms with Crippen molar-refractivity contribution in [1.29, 1.82) is 5.26 Å². The van der Waals surface area contributed by atoms with Crippen LogP contribution in [0.5, 0.6) is 0 Å². The van der Waals surface area contributed by atoms with E-state index in [0.717, 1.165) is 16.8 Å². The summed E-state index contributed by atoms with van der Waals surface area (Å²) in [5, 5.41) is 10.7. The maximum Gasteiger partial charge on any atom is 0.0631 e. The van der Waals surface area contributed by atoms with Crippen molar-refractivity contribution in [2.75, 3.05) is 0 Å². The van der Waals surface area contributed by atoms with Crippen LogP contribution in [0.15, 0.2) is 78.9 Å². The summed E-state index contributed by atoms with van der Waals surface area (Å²) < 4.78 is 0. The Morgan fingerprint density at radius 2 is 1.62 bits per heavy atom. The second-order valence-electron chi connectivity index (χ2n) is 6.65. The lowest BCUT2D eigenvalue weighted by molar-refractivity contribution is 0.848. The van der Waals surface area contributed by atoms with E-state index in [1.54, 1.807) is 0 Å². The number of nitrogens with one attached hydrogen (secondary N) is 1. The van der Waals surface area contributed by atoms with Gasteiger partial charge in [-0.15, -0.1) is 0 Å². The Morgan fingerprint density at radius 1 is 0.923 bits per heavy atom. The van der Waals surface area contributed by atoms with Gasteiger partial charge in [-0.05, 0) is 35.2 Å². The molecule has 4 rings (SSSR count). The maximum atomic E-state index is 9.51. The third-order valence-corrected chi connectivity index (χ3v) is 4.90. The van der Waals surface area contributed by atoms with Crippen LogP contribution in [0.3, 0.4) is 0 Å². The minimum Gasteiger partial charge on any atom is -0.354 e. The molecule has 0 saturated carbocycles. The minimum absolute atomic E-state index is 0.0351. The number of aryl methyl sites for hydroxylation is 1. The van der Waals surface area contributed by atoms with Crippen LogP contribution in [0, 0.1) is 18.3 Å².